The van der Waals surface area contributed by atoms with Crippen LogP contribution in [-0.2, 0) is 11.3 Å². The van der Waals surface area contributed by atoms with E-state index < -0.39 is 0 Å². The number of aromatic nitrogens is 2. The number of piperidine rings is 1. The molecule has 0 atom stereocenters. The minimum Gasteiger partial charge on any atom is -0.343 e. The van der Waals surface area contributed by atoms with Crippen molar-refractivity contribution in [3.05, 3.63) is 29.6 Å². The molecular formula is C20H29N3O. The van der Waals surface area contributed by atoms with Gasteiger partial charge >= 0.3 is 0 Å². The van der Waals surface area contributed by atoms with Crippen LogP contribution in [0, 0.1) is 19.8 Å². The molecule has 0 spiro atoms. The predicted molar refractivity (Wildman–Crippen MR) is 98.0 cm³/mol. The zero-order chi connectivity index (χ0) is 17.1. The molecule has 0 saturated carbocycles. The second kappa shape index (κ2) is 7.37. The number of hydrogen-bond acceptors (Lipinski definition) is 2. The van der Waals surface area contributed by atoms with Crippen LogP contribution in [0.2, 0.25) is 0 Å². The standard InChI is InChI=1S/C20H29N3O/c1-4-5-6-20(24)22-9-7-17(8-10-22)13-23-14-21-18-11-15(2)16(3)12-19(18)23/h11-12,14,17H,4-10,13H2,1-3H3. The number of fused-ring (bicyclic) bond motifs is 1. The number of benzene rings is 1. The molecular weight excluding hydrogens is 298 g/mol. The third kappa shape index (κ3) is 3.63. The number of imidazole rings is 1. The minimum absolute atomic E-state index is 0.342. The average Bonchev–Trinajstić information content (AvgIpc) is 2.95. The number of aryl methyl sites for hydroxylation is 2. The molecule has 24 heavy (non-hydrogen) atoms. The molecule has 0 unspecified atom stereocenters. The summed E-state index contributed by atoms with van der Waals surface area (Å²) >= 11 is 0. The van der Waals surface area contributed by atoms with Gasteiger partial charge in [0.2, 0.25) is 5.91 Å². The highest BCUT2D eigenvalue weighted by atomic mass is 16.2. The summed E-state index contributed by atoms with van der Waals surface area (Å²) in [6, 6.07) is 4.43. The number of unbranched alkanes of at least 4 members (excludes halogenated alkanes) is 1. The molecule has 4 heteroatoms. The lowest BCUT2D eigenvalue weighted by molar-refractivity contribution is -0.132. The highest BCUT2D eigenvalue weighted by molar-refractivity contribution is 5.77. The highest BCUT2D eigenvalue weighted by Crippen LogP contribution is 2.24. The number of likely N-dealkylation sites (tertiary alicyclic amines) is 1. The zero-order valence-electron chi connectivity index (χ0n) is 15.2. The molecule has 130 valence electrons. The Morgan fingerprint density at radius 2 is 1.92 bits per heavy atom. The largest absolute Gasteiger partial charge is 0.343 e. The van der Waals surface area contributed by atoms with Gasteiger partial charge in [-0.25, -0.2) is 4.98 Å². The van der Waals surface area contributed by atoms with Crippen molar-refractivity contribution >= 4 is 16.9 Å². The molecule has 1 amide bonds. The normalized spacial score (nSPS) is 16.0. The van der Waals surface area contributed by atoms with Crippen LogP contribution in [0.3, 0.4) is 0 Å². The summed E-state index contributed by atoms with van der Waals surface area (Å²) in [5.41, 5.74) is 4.94. The second-order valence-electron chi connectivity index (χ2n) is 7.25. The van der Waals surface area contributed by atoms with E-state index in [1.807, 2.05) is 6.33 Å². The molecule has 4 nitrogen and oxygen atoms in total. The quantitative estimate of drug-likeness (QED) is 0.830. The molecule has 1 aromatic heterocycles. The van der Waals surface area contributed by atoms with Gasteiger partial charge in [-0.05, 0) is 62.3 Å². The highest BCUT2D eigenvalue weighted by Gasteiger charge is 2.23. The van der Waals surface area contributed by atoms with Gasteiger partial charge in [0.15, 0.2) is 0 Å². The Labute approximate surface area is 144 Å². The van der Waals surface area contributed by atoms with Gasteiger partial charge in [-0.2, -0.15) is 0 Å². The Hall–Kier alpha value is -1.84. The molecule has 2 heterocycles. The van der Waals surface area contributed by atoms with E-state index in [0.717, 1.165) is 50.8 Å². The predicted octanol–water partition coefficient (Wildman–Crippen LogP) is 4.08. The van der Waals surface area contributed by atoms with Crippen LogP contribution >= 0.6 is 0 Å². The summed E-state index contributed by atoms with van der Waals surface area (Å²) in [5.74, 6) is 0.980. The molecule has 2 aromatic rings. The SMILES string of the molecule is CCCCC(=O)N1CCC(Cn2cnc3cc(C)c(C)cc32)CC1. The van der Waals surface area contributed by atoms with Crippen LogP contribution < -0.4 is 0 Å². The molecule has 1 aliphatic rings. The van der Waals surface area contributed by atoms with E-state index in [4.69, 9.17) is 0 Å². The van der Waals surface area contributed by atoms with Crippen LogP contribution in [-0.4, -0.2) is 33.4 Å². The first-order valence-electron chi connectivity index (χ1n) is 9.28. The summed E-state index contributed by atoms with van der Waals surface area (Å²) in [7, 11) is 0. The lowest BCUT2D eigenvalue weighted by atomic mass is 9.96. The summed E-state index contributed by atoms with van der Waals surface area (Å²) < 4.78 is 2.29. The Balaban J connectivity index is 1.60. The monoisotopic (exact) mass is 327 g/mol. The van der Waals surface area contributed by atoms with Crippen molar-refractivity contribution in [3.8, 4) is 0 Å². The topological polar surface area (TPSA) is 38.1 Å². The van der Waals surface area contributed by atoms with E-state index in [9.17, 15) is 4.79 Å². The lowest BCUT2D eigenvalue weighted by Crippen LogP contribution is -2.39. The van der Waals surface area contributed by atoms with Gasteiger partial charge in [0, 0.05) is 26.1 Å². The molecule has 1 aromatic carbocycles. The number of amides is 1. The summed E-state index contributed by atoms with van der Waals surface area (Å²) in [6.07, 6.45) is 6.99. The van der Waals surface area contributed by atoms with E-state index in [2.05, 4.69) is 47.4 Å². The second-order valence-corrected chi connectivity index (χ2v) is 7.25. The number of rotatable bonds is 5. The van der Waals surface area contributed by atoms with Crippen molar-refractivity contribution in [2.45, 2.75) is 59.4 Å². The van der Waals surface area contributed by atoms with Gasteiger partial charge in [-0.3, -0.25) is 4.79 Å². The van der Waals surface area contributed by atoms with Crippen LogP contribution in [0.1, 0.15) is 50.2 Å². The maximum absolute atomic E-state index is 12.1. The van der Waals surface area contributed by atoms with Crippen molar-refractivity contribution in [1.82, 2.24) is 14.5 Å². The fraction of sp³-hybridized carbons (Fsp3) is 0.600. The van der Waals surface area contributed by atoms with E-state index >= 15 is 0 Å². The molecule has 0 bridgehead atoms. The van der Waals surface area contributed by atoms with Crippen LogP contribution in [0.5, 0.6) is 0 Å². The summed E-state index contributed by atoms with van der Waals surface area (Å²) in [6.45, 7) is 9.27. The van der Waals surface area contributed by atoms with Crippen LogP contribution in [0.4, 0.5) is 0 Å². The smallest absolute Gasteiger partial charge is 0.222 e. The molecule has 0 N–H and O–H groups in total. The van der Waals surface area contributed by atoms with Crippen molar-refractivity contribution < 1.29 is 4.79 Å². The Kier molecular flexibility index (Phi) is 5.22. The number of carbonyl (C=O) groups is 1. The van der Waals surface area contributed by atoms with Gasteiger partial charge in [0.05, 0.1) is 17.4 Å². The molecule has 1 fully saturated rings. The molecule has 0 aliphatic carbocycles. The first-order valence-corrected chi connectivity index (χ1v) is 9.28. The Morgan fingerprint density at radius 1 is 1.21 bits per heavy atom. The minimum atomic E-state index is 0.342. The van der Waals surface area contributed by atoms with Crippen molar-refractivity contribution in [2.24, 2.45) is 5.92 Å². The maximum Gasteiger partial charge on any atom is 0.222 e. The average molecular weight is 327 g/mol. The fourth-order valence-electron chi connectivity index (χ4n) is 3.59. The van der Waals surface area contributed by atoms with Crippen LogP contribution in [0.25, 0.3) is 11.0 Å². The fourth-order valence-corrected chi connectivity index (χ4v) is 3.59. The third-order valence-electron chi connectivity index (χ3n) is 5.40. The van der Waals surface area contributed by atoms with Crippen LogP contribution in [0.15, 0.2) is 18.5 Å². The Bertz CT molecular complexity index is 711. The van der Waals surface area contributed by atoms with E-state index in [0.29, 0.717) is 18.2 Å². The molecule has 1 saturated heterocycles. The first-order chi connectivity index (χ1) is 11.6. The summed E-state index contributed by atoms with van der Waals surface area (Å²) in [4.78, 5) is 18.8. The molecule has 3 rings (SSSR count). The van der Waals surface area contributed by atoms with Crippen molar-refractivity contribution in [1.29, 1.82) is 0 Å². The third-order valence-corrected chi connectivity index (χ3v) is 5.40. The van der Waals surface area contributed by atoms with E-state index in [1.54, 1.807) is 0 Å². The van der Waals surface area contributed by atoms with Gasteiger partial charge in [0.25, 0.3) is 0 Å². The molecule has 0 radical (unpaired) electrons. The zero-order valence-corrected chi connectivity index (χ0v) is 15.2. The number of hydrogen-bond donors (Lipinski definition) is 0. The van der Waals surface area contributed by atoms with Gasteiger partial charge in [-0.15, -0.1) is 0 Å². The van der Waals surface area contributed by atoms with Gasteiger partial charge < -0.3 is 9.47 Å². The van der Waals surface area contributed by atoms with Crippen molar-refractivity contribution in [3.63, 3.8) is 0 Å². The van der Waals surface area contributed by atoms with E-state index in [1.165, 1.54) is 16.6 Å². The first kappa shape index (κ1) is 17.0. The van der Waals surface area contributed by atoms with E-state index in [-0.39, 0.29) is 0 Å². The van der Waals surface area contributed by atoms with Gasteiger partial charge in [0.1, 0.15) is 0 Å². The van der Waals surface area contributed by atoms with Crippen molar-refractivity contribution in [2.75, 3.05) is 13.1 Å². The Morgan fingerprint density at radius 3 is 2.62 bits per heavy atom. The molecule has 1 aliphatic heterocycles. The lowest BCUT2D eigenvalue weighted by Gasteiger charge is -2.32. The maximum atomic E-state index is 12.1. The number of nitrogens with zero attached hydrogens (tertiary/aromatic N) is 3. The number of carbonyl (C=O) groups excluding carboxylic acids is 1. The van der Waals surface area contributed by atoms with Gasteiger partial charge in [-0.1, -0.05) is 13.3 Å². The summed E-state index contributed by atoms with van der Waals surface area (Å²) in [5, 5.41) is 0.